The normalized spacial score (nSPS) is 16.7. The van der Waals surface area contributed by atoms with Gasteiger partial charge in [-0.1, -0.05) is 43.5 Å². The highest BCUT2D eigenvalue weighted by molar-refractivity contribution is 6.11. The topological polar surface area (TPSA) is 75.2 Å². The van der Waals surface area contributed by atoms with Gasteiger partial charge in [0.05, 0.1) is 23.3 Å². The smallest absolute Gasteiger partial charge is 0.273 e. The molecule has 0 unspecified atom stereocenters. The number of hydrogen-bond donors (Lipinski definition) is 1. The number of aromatic nitrogens is 2. The number of benzene rings is 1. The first-order valence-electron chi connectivity index (χ1n) is 10.6. The Morgan fingerprint density at radius 2 is 1.87 bits per heavy atom. The lowest BCUT2D eigenvalue weighted by atomic mass is 9.94. The van der Waals surface area contributed by atoms with Gasteiger partial charge in [-0.05, 0) is 31.0 Å². The van der Waals surface area contributed by atoms with Crippen LogP contribution in [0.4, 0.5) is 0 Å². The fourth-order valence-corrected chi connectivity index (χ4v) is 4.67. The molecule has 1 fully saturated rings. The molecule has 2 amide bonds. The van der Waals surface area contributed by atoms with Crippen molar-refractivity contribution in [3.05, 3.63) is 71.2 Å². The van der Waals surface area contributed by atoms with Crippen molar-refractivity contribution in [1.82, 2.24) is 20.2 Å². The summed E-state index contributed by atoms with van der Waals surface area (Å²) >= 11 is 0. The third-order valence-electron chi connectivity index (χ3n) is 6.18. The maximum absolute atomic E-state index is 13.3. The van der Waals surface area contributed by atoms with Gasteiger partial charge in [-0.3, -0.25) is 14.6 Å². The maximum atomic E-state index is 13.3. The van der Waals surface area contributed by atoms with Gasteiger partial charge in [-0.15, -0.1) is 0 Å². The number of carbonyl (C=O) groups excluding carboxylic acids is 2. The molecule has 30 heavy (non-hydrogen) atoms. The Kier molecular flexibility index (Phi) is 4.91. The van der Waals surface area contributed by atoms with E-state index in [0.29, 0.717) is 29.9 Å². The number of rotatable bonds is 4. The highest BCUT2D eigenvalue weighted by Gasteiger charge is 2.37. The summed E-state index contributed by atoms with van der Waals surface area (Å²) in [6.07, 6.45) is 7.30. The van der Waals surface area contributed by atoms with Crippen LogP contribution in [0, 0.1) is 0 Å². The molecule has 2 aliphatic rings. The van der Waals surface area contributed by atoms with Crippen LogP contribution in [0.1, 0.15) is 64.2 Å². The van der Waals surface area contributed by atoms with Crippen molar-refractivity contribution in [2.24, 2.45) is 0 Å². The highest BCUT2D eigenvalue weighted by Crippen LogP contribution is 2.34. The summed E-state index contributed by atoms with van der Waals surface area (Å²) in [5.41, 5.74) is 3.22. The molecule has 5 rings (SSSR count). The monoisotopic (exact) mass is 400 g/mol. The zero-order chi connectivity index (χ0) is 20.5. The lowest BCUT2D eigenvalue weighted by Gasteiger charge is -2.30. The number of pyridine rings is 2. The SMILES string of the molecule is O=C(NCc1ccccn1)c1c2c(nc3ccccc13)C(=O)N(C1CCCCC1)C2. The van der Waals surface area contributed by atoms with Crippen molar-refractivity contribution in [2.75, 3.05) is 0 Å². The molecule has 1 saturated carbocycles. The van der Waals surface area contributed by atoms with Crippen LogP contribution in [0.25, 0.3) is 10.9 Å². The first kappa shape index (κ1) is 18.7. The third kappa shape index (κ3) is 3.32. The van der Waals surface area contributed by atoms with Crippen LogP contribution in [0.15, 0.2) is 48.7 Å². The lowest BCUT2D eigenvalue weighted by Crippen LogP contribution is -2.37. The average Bonchev–Trinajstić information content (AvgIpc) is 3.13. The number of carbonyl (C=O) groups is 2. The summed E-state index contributed by atoms with van der Waals surface area (Å²) in [7, 11) is 0. The van der Waals surface area contributed by atoms with Crippen molar-refractivity contribution in [3.63, 3.8) is 0 Å². The Hall–Kier alpha value is -3.28. The molecular formula is C24H24N4O2. The third-order valence-corrected chi connectivity index (χ3v) is 6.18. The van der Waals surface area contributed by atoms with Crippen LogP contribution in [0.3, 0.4) is 0 Å². The Morgan fingerprint density at radius 3 is 2.67 bits per heavy atom. The number of fused-ring (bicyclic) bond motifs is 2. The minimum atomic E-state index is -0.186. The number of hydrogen-bond acceptors (Lipinski definition) is 4. The molecule has 6 heteroatoms. The molecule has 0 bridgehead atoms. The standard InChI is InChI=1S/C24H24N4O2/c29-23(26-14-16-8-6-7-13-25-16)21-18-11-4-5-12-20(18)27-22-19(21)15-28(24(22)30)17-9-2-1-3-10-17/h4-8,11-13,17H,1-3,9-10,14-15H2,(H,26,29). The fraction of sp³-hybridized carbons (Fsp3) is 0.333. The van der Waals surface area contributed by atoms with Crippen LogP contribution in [0.5, 0.6) is 0 Å². The molecule has 0 atom stereocenters. The molecule has 152 valence electrons. The van der Waals surface area contributed by atoms with Gasteiger partial charge in [0, 0.05) is 29.7 Å². The van der Waals surface area contributed by atoms with Gasteiger partial charge in [0.1, 0.15) is 5.69 Å². The Balaban J connectivity index is 1.52. The molecule has 0 spiro atoms. The summed E-state index contributed by atoms with van der Waals surface area (Å²) < 4.78 is 0. The van der Waals surface area contributed by atoms with E-state index >= 15 is 0 Å². The second kappa shape index (κ2) is 7.86. The van der Waals surface area contributed by atoms with E-state index in [1.807, 2.05) is 47.4 Å². The largest absolute Gasteiger partial charge is 0.346 e. The quantitative estimate of drug-likeness (QED) is 0.722. The van der Waals surface area contributed by atoms with E-state index in [4.69, 9.17) is 0 Å². The molecule has 1 N–H and O–H groups in total. The van der Waals surface area contributed by atoms with Crippen LogP contribution in [-0.4, -0.2) is 32.7 Å². The van der Waals surface area contributed by atoms with E-state index in [0.717, 1.165) is 42.3 Å². The van der Waals surface area contributed by atoms with E-state index in [2.05, 4.69) is 15.3 Å². The van der Waals surface area contributed by atoms with Gasteiger partial charge in [-0.25, -0.2) is 4.98 Å². The predicted octanol–water partition coefficient (Wildman–Crippen LogP) is 3.85. The molecule has 1 aromatic carbocycles. The van der Waals surface area contributed by atoms with Gasteiger partial charge in [0.15, 0.2) is 0 Å². The zero-order valence-electron chi connectivity index (χ0n) is 16.8. The van der Waals surface area contributed by atoms with Crippen molar-refractivity contribution in [1.29, 1.82) is 0 Å². The zero-order valence-corrected chi connectivity index (χ0v) is 16.8. The number of amides is 2. The van der Waals surface area contributed by atoms with Crippen molar-refractivity contribution < 1.29 is 9.59 Å². The molecule has 3 heterocycles. The fourth-order valence-electron chi connectivity index (χ4n) is 4.67. The van der Waals surface area contributed by atoms with Gasteiger partial charge in [0.25, 0.3) is 11.8 Å². The summed E-state index contributed by atoms with van der Waals surface area (Å²) in [6, 6.07) is 13.4. The van der Waals surface area contributed by atoms with Crippen LogP contribution >= 0.6 is 0 Å². The summed E-state index contributed by atoms with van der Waals surface area (Å²) in [4.78, 5) is 37.4. The summed E-state index contributed by atoms with van der Waals surface area (Å²) in [5, 5.41) is 3.77. The molecule has 1 aliphatic carbocycles. The Bertz CT molecular complexity index is 1110. The summed E-state index contributed by atoms with van der Waals surface area (Å²) in [6.45, 7) is 0.800. The predicted molar refractivity (Wildman–Crippen MR) is 114 cm³/mol. The molecular weight excluding hydrogens is 376 g/mol. The molecule has 0 radical (unpaired) electrons. The minimum absolute atomic E-state index is 0.0403. The van der Waals surface area contributed by atoms with E-state index in [-0.39, 0.29) is 17.9 Å². The van der Waals surface area contributed by atoms with E-state index in [1.165, 1.54) is 6.42 Å². The second-order valence-electron chi connectivity index (χ2n) is 8.06. The van der Waals surface area contributed by atoms with Gasteiger partial charge < -0.3 is 10.2 Å². The minimum Gasteiger partial charge on any atom is -0.346 e. The second-order valence-corrected chi connectivity index (χ2v) is 8.06. The van der Waals surface area contributed by atoms with E-state index in [1.54, 1.807) is 6.20 Å². The first-order valence-corrected chi connectivity index (χ1v) is 10.6. The van der Waals surface area contributed by atoms with Gasteiger partial charge in [-0.2, -0.15) is 0 Å². The first-order chi connectivity index (χ1) is 14.7. The number of para-hydroxylation sites is 1. The van der Waals surface area contributed by atoms with E-state index < -0.39 is 0 Å². The van der Waals surface area contributed by atoms with Crippen LogP contribution in [-0.2, 0) is 13.1 Å². The van der Waals surface area contributed by atoms with E-state index in [9.17, 15) is 9.59 Å². The molecule has 2 aromatic heterocycles. The van der Waals surface area contributed by atoms with Crippen molar-refractivity contribution >= 4 is 22.7 Å². The number of nitrogens with one attached hydrogen (secondary N) is 1. The van der Waals surface area contributed by atoms with Gasteiger partial charge >= 0.3 is 0 Å². The van der Waals surface area contributed by atoms with Crippen LogP contribution < -0.4 is 5.32 Å². The Labute approximate surface area is 175 Å². The molecule has 1 aliphatic heterocycles. The highest BCUT2D eigenvalue weighted by atomic mass is 16.2. The molecule has 0 saturated heterocycles. The number of nitrogens with zero attached hydrogens (tertiary/aromatic N) is 3. The molecule has 3 aromatic rings. The van der Waals surface area contributed by atoms with Crippen molar-refractivity contribution in [3.8, 4) is 0 Å². The average molecular weight is 400 g/mol. The van der Waals surface area contributed by atoms with Crippen molar-refractivity contribution in [2.45, 2.75) is 51.2 Å². The Morgan fingerprint density at radius 1 is 1.07 bits per heavy atom. The summed E-state index contributed by atoms with van der Waals surface area (Å²) in [5.74, 6) is -0.227. The molecule has 6 nitrogen and oxygen atoms in total. The van der Waals surface area contributed by atoms with Crippen LogP contribution in [0.2, 0.25) is 0 Å². The van der Waals surface area contributed by atoms with Gasteiger partial charge in [0.2, 0.25) is 0 Å². The lowest BCUT2D eigenvalue weighted by molar-refractivity contribution is 0.0655. The maximum Gasteiger partial charge on any atom is 0.273 e.